The number of carbonyl (C=O) groups is 1. The molecule has 0 saturated heterocycles. The number of aliphatic imine (C=N–C) groups is 1. The van der Waals surface area contributed by atoms with Crippen LogP contribution in [0.25, 0.3) is 0 Å². The predicted octanol–water partition coefficient (Wildman–Crippen LogP) is 1.39. The number of rotatable bonds is 3. The molecule has 2 rings (SSSR count). The molecular formula is C12H14N2O3. The fourth-order valence-corrected chi connectivity index (χ4v) is 1.53. The number of nitrogens with one attached hydrogen (secondary N) is 1. The number of carbonyl (C=O) groups excluding carboxylic acids is 1. The van der Waals surface area contributed by atoms with Gasteiger partial charge in [0, 0.05) is 25.3 Å². The van der Waals surface area contributed by atoms with E-state index < -0.39 is 0 Å². The second kappa shape index (κ2) is 4.97. The molecule has 5 nitrogen and oxygen atoms in total. The number of anilines is 1. The number of hydrogen-bond acceptors (Lipinski definition) is 4. The van der Waals surface area contributed by atoms with Gasteiger partial charge >= 0.3 is 0 Å². The lowest BCUT2D eigenvalue weighted by molar-refractivity contribution is -0.114. The summed E-state index contributed by atoms with van der Waals surface area (Å²) >= 11 is 0. The highest BCUT2D eigenvalue weighted by molar-refractivity contribution is 5.96. The van der Waals surface area contributed by atoms with Crippen molar-refractivity contribution in [2.45, 2.75) is 13.2 Å². The third-order valence-corrected chi connectivity index (χ3v) is 2.35. The molecular weight excluding hydrogens is 220 g/mol. The fourth-order valence-electron chi connectivity index (χ4n) is 1.53. The molecule has 0 saturated carbocycles. The van der Waals surface area contributed by atoms with Crippen LogP contribution in [0.15, 0.2) is 29.3 Å². The predicted molar refractivity (Wildman–Crippen MR) is 64.0 cm³/mol. The normalized spacial score (nSPS) is 18.5. The maximum absolute atomic E-state index is 10.9. The Hall–Kier alpha value is -1.88. The average Bonchev–Trinajstić information content (AvgIpc) is 2.78. The number of nitrogens with zero attached hydrogens (tertiary/aromatic N) is 1. The van der Waals surface area contributed by atoms with Crippen LogP contribution in [0.4, 0.5) is 5.69 Å². The molecule has 1 aromatic rings. The lowest BCUT2D eigenvalue weighted by Gasteiger charge is -2.04. The molecule has 0 spiro atoms. The molecule has 1 amide bonds. The second-order valence-corrected chi connectivity index (χ2v) is 3.69. The number of hydrogen-bond donors (Lipinski definition) is 1. The summed E-state index contributed by atoms with van der Waals surface area (Å²) in [4.78, 5) is 15.1. The van der Waals surface area contributed by atoms with E-state index in [9.17, 15) is 4.79 Å². The molecule has 0 fully saturated rings. The highest BCUT2D eigenvalue weighted by Gasteiger charge is 2.18. The first-order valence-corrected chi connectivity index (χ1v) is 5.30. The first-order valence-electron chi connectivity index (χ1n) is 5.30. The zero-order valence-electron chi connectivity index (χ0n) is 9.77. The van der Waals surface area contributed by atoms with Crippen molar-refractivity contribution in [3.8, 4) is 0 Å². The van der Waals surface area contributed by atoms with Gasteiger partial charge < -0.3 is 14.8 Å². The highest BCUT2D eigenvalue weighted by Crippen LogP contribution is 2.15. The van der Waals surface area contributed by atoms with Crippen LogP contribution < -0.4 is 5.32 Å². The van der Waals surface area contributed by atoms with Crippen LogP contribution >= 0.6 is 0 Å². The summed E-state index contributed by atoms with van der Waals surface area (Å²) in [6, 6.07) is 7.32. The first-order chi connectivity index (χ1) is 8.19. The van der Waals surface area contributed by atoms with Gasteiger partial charge in [0.05, 0.1) is 0 Å². The summed E-state index contributed by atoms with van der Waals surface area (Å²) < 4.78 is 10.5. The van der Waals surface area contributed by atoms with E-state index in [2.05, 4.69) is 10.3 Å². The van der Waals surface area contributed by atoms with Crippen molar-refractivity contribution in [1.29, 1.82) is 0 Å². The molecule has 0 bridgehead atoms. The molecule has 0 aromatic heterocycles. The monoisotopic (exact) mass is 234 g/mol. The fraction of sp³-hybridized carbons (Fsp3) is 0.333. The minimum absolute atomic E-state index is 0.0911. The molecule has 1 N–H and O–H groups in total. The molecule has 5 heteroatoms. The molecule has 1 atom stereocenters. The minimum atomic E-state index is -0.222. The molecule has 1 unspecified atom stereocenters. The molecule has 0 radical (unpaired) electrons. The lowest BCUT2D eigenvalue weighted by Crippen LogP contribution is -2.07. The van der Waals surface area contributed by atoms with Gasteiger partial charge in [0.25, 0.3) is 0 Å². The quantitative estimate of drug-likeness (QED) is 0.859. The number of ether oxygens (including phenoxy) is 2. The Morgan fingerprint density at radius 2 is 2.18 bits per heavy atom. The Labute approximate surface area is 99.4 Å². The van der Waals surface area contributed by atoms with Gasteiger partial charge in [-0.1, -0.05) is 0 Å². The van der Waals surface area contributed by atoms with Crippen molar-refractivity contribution in [1.82, 2.24) is 0 Å². The van der Waals surface area contributed by atoms with Crippen LogP contribution in [-0.2, 0) is 14.3 Å². The van der Waals surface area contributed by atoms with Gasteiger partial charge in [-0.15, -0.1) is 0 Å². The Bertz CT molecular complexity index is 440. The zero-order chi connectivity index (χ0) is 12.3. The number of methoxy groups -OCH3 is 1. The maximum atomic E-state index is 10.9. The van der Waals surface area contributed by atoms with Gasteiger partial charge in [0.2, 0.25) is 11.8 Å². The molecule has 1 aliphatic heterocycles. The van der Waals surface area contributed by atoms with Gasteiger partial charge in [-0.25, -0.2) is 4.99 Å². The molecule has 1 heterocycles. The van der Waals surface area contributed by atoms with Crippen LogP contribution in [0.5, 0.6) is 0 Å². The van der Waals surface area contributed by atoms with Crippen LogP contribution in [0.3, 0.4) is 0 Å². The Kier molecular flexibility index (Phi) is 3.39. The van der Waals surface area contributed by atoms with E-state index >= 15 is 0 Å². The summed E-state index contributed by atoms with van der Waals surface area (Å²) in [6.45, 7) is 1.92. The van der Waals surface area contributed by atoms with Gasteiger partial charge in [-0.2, -0.15) is 0 Å². The second-order valence-electron chi connectivity index (χ2n) is 3.69. The number of amides is 1. The SMILES string of the molecule is COC1COC(c2ccc(NC(C)=O)cc2)=N1. The summed E-state index contributed by atoms with van der Waals surface area (Å²) in [5, 5.41) is 2.70. The first kappa shape index (κ1) is 11.6. The van der Waals surface area contributed by atoms with Crippen molar-refractivity contribution in [3.05, 3.63) is 29.8 Å². The zero-order valence-corrected chi connectivity index (χ0v) is 9.77. The largest absolute Gasteiger partial charge is 0.473 e. The van der Waals surface area contributed by atoms with Crippen molar-refractivity contribution < 1.29 is 14.3 Å². The summed E-state index contributed by atoms with van der Waals surface area (Å²) in [5.74, 6) is 0.484. The standard InChI is InChI=1S/C12H14N2O3/c1-8(15)13-10-5-3-9(4-6-10)12-14-11(16-2)7-17-12/h3-6,11H,7H2,1-2H3,(H,13,15). The van der Waals surface area contributed by atoms with E-state index in [1.54, 1.807) is 7.11 Å². The smallest absolute Gasteiger partial charge is 0.221 e. The Morgan fingerprint density at radius 1 is 1.47 bits per heavy atom. The van der Waals surface area contributed by atoms with E-state index in [-0.39, 0.29) is 12.1 Å². The molecule has 17 heavy (non-hydrogen) atoms. The summed E-state index contributed by atoms with van der Waals surface area (Å²) in [7, 11) is 1.60. The highest BCUT2D eigenvalue weighted by atomic mass is 16.6. The molecule has 1 aliphatic rings. The lowest BCUT2D eigenvalue weighted by atomic mass is 10.2. The van der Waals surface area contributed by atoms with E-state index in [1.165, 1.54) is 6.92 Å². The molecule has 0 aliphatic carbocycles. The van der Waals surface area contributed by atoms with Crippen molar-refractivity contribution in [2.24, 2.45) is 4.99 Å². The van der Waals surface area contributed by atoms with Crippen LogP contribution in [0, 0.1) is 0 Å². The van der Waals surface area contributed by atoms with E-state index in [4.69, 9.17) is 9.47 Å². The van der Waals surface area contributed by atoms with E-state index in [0.717, 1.165) is 11.3 Å². The minimum Gasteiger partial charge on any atom is -0.473 e. The van der Waals surface area contributed by atoms with Gasteiger partial charge in [0.1, 0.15) is 6.61 Å². The molecule has 1 aromatic carbocycles. The number of benzene rings is 1. The topological polar surface area (TPSA) is 59.9 Å². The van der Waals surface area contributed by atoms with Crippen LogP contribution in [0.1, 0.15) is 12.5 Å². The third kappa shape index (κ3) is 2.82. The van der Waals surface area contributed by atoms with Crippen molar-refractivity contribution >= 4 is 17.5 Å². The third-order valence-electron chi connectivity index (χ3n) is 2.35. The van der Waals surface area contributed by atoms with E-state index in [0.29, 0.717) is 12.5 Å². The van der Waals surface area contributed by atoms with E-state index in [1.807, 2.05) is 24.3 Å². The van der Waals surface area contributed by atoms with Crippen LogP contribution in [-0.4, -0.2) is 31.7 Å². The molecule has 90 valence electrons. The maximum Gasteiger partial charge on any atom is 0.221 e. The summed E-state index contributed by atoms with van der Waals surface area (Å²) in [6.07, 6.45) is -0.222. The van der Waals surface area contributed by atoms with Gasteiger partial charge in [0.15, 0.2) is 6.23 Å². The average molecular weight is 234 g/mol. The Balaban J connectivity index is 2.10. The van der Waals surface area contributed by atoms with Crippen molar-refractivity contribution in [2.75, 3.05) is 19.0 Å². The summed E-state index contributed by atoms with van der Waals surface area (Å²) in [5.41, 5.74) is 1.63. The van der Waals surface area contributed by atoms with Gasteiger partial charge in [-0.3, -0.25) is 4.79 Å². The Morgan fingerprint density at radius 3 is 2.71 bits per heavy atom. The van der Waals surface area contributed by atoms with Crippen molar-refractivity contribution in [3.63, 3.8) is 0 Å². The van der Waals surface area contributed by atoms with Gasteiger partial charge in [-0.05, 0) is 24.3 Å². The van der Waals surface area contributed by atoms with Crippen LogP contribution in [0.2, 0.25) is 0 Å².